The van der Waals surface area contributed by atoms with Crippen molar-refractivity contribution < 1.29 is 14.7 Å². The number of nitrogens with zero attached hydrogens (tertiary/aromatic N) is 1. The predicted octanol–water partition coefficient (Wildman–Crippen LogP) is 1.94. The molecule has 0 aliphatic heterocycles. The van der Waals surface area contributed by atoms with E-state index < -0.39 is 5.91 Å². The van der Waals surface area contributed by atoms with Crippen molar-refractivity contribution in [1.82, 2.24) is 4.90 Å². The summed E-state index contributed by atoms with van der Waals surface area (Å²) in [5.41, 5.74) is 5.88. The van der Waals surface area contributed by atoms with E-state index in [9.17, 15) is 14.7 Å². The molecule has 20 heavy (non-hydrogen) atoms. The van der Waals surface area contributed by atoms with Gasteiger partial charge in [-0.25, -0.2) is 0 Å². The van der Waals surface area contributed by atoms with Crippen LogP contribution in [0.2, 0.25) is 5.02 Å². The molecule has 110 valence electrons. The van der Waals surface area contributed by atoms with Gasteiger partial charge in [0.05, 0.1) is 12.1 Å². The summed E-state index contributed by atoms with van der Waals surface area (Å²) < 4.78 is 0. The Bertz CT molecular complexity index is 529. The number of hydrogen-bond donors (Lipinski definition) is 2. The van der Waals surface area contributed by atoms with Gasteiger partial charge in [-0.05, 0) is 32.9 Å². The van der Waals surface area contributed by atoms with Gasteiger partial charge < -0.3 is 10.8 Å². The van der Waals surface area contributed by atoms with Gasteiger partial charge >= 0.3 is 0 Å². The molecular weight excluding hydrogens is 280 g/mol. The number of amides is 1. The van der Waals surface area contributed by atoms with Crippen molar-refractivity contribution >= 4 is 23.3 Å². The SMILES string of the molecule is CC(=O)c1cc(Cl)cc(CN(CC(N)=O)C(C)C)c1O. The van der Waals surface area contributed by atoms with Crippen molar-refractivity contribution in [2.75, 3.05) is 6.54 Å². The van der Waals surface area contributed by atoms with Gasteiger partial charge in [0.25, 0.3) is 0 Å². The molecule has 1 rings (SSSR count). The molecule has 0 saturated heterocycles. The third kappa shape index (κ3) is 4.21. The van der Waals surface area contributed by atoms with Gasteiger partial charge in [-0.3, -0.25) is 14.5 Å². The highest BCUT2D eigenvalue weighted by molar-refractivity contribution is 6.31. The summed E-state index contributed by atoms with van der Waals surface area (Å²) in [4.78, 5) is 24.3. The first kappa shape index (κ1) is 16.5. The number of hydrogen-bond acceptors (Lipinski definition) is 4. The summed E-state index contributed by atoms with van der Waals surface area (Å²) >= 11 is 5.96. The molecule has 0 atom stereocenters. The van der Waals surface area contributed by atoms with Crippen LogP contribution in [-0.2, 0) is 11.3 Å². The molecule has 0 heterocycles. The van der Waals surface area contributed by atoms with E-state index in [1.54, 1.807) is 11.0 Å². The van der Waals surface area contributed by atoms with E-state index >= 15 is 0 Å². The Hall–Kier alpha value is -1.59. The van der Waals surface area contributed by atoms with Crippen LogP contribution >= 0.6 is 11.6 Å². The lowest BCUT2D eigenvalue weighted by molar-refractivity contribution is -0.119. The molecular formula is C14H19ClN2O3. The number of carbonyl (C=O) groups is 2. The summed E-state index contributed by atoms with van der Waals surface area (Å²) in [7, 11) is 0. The van der Waals surface area contributed by atoms with Gasteiger partial charge in [-0.1, -0.05) is 11.6 Å². The molecule has 1 aromatic rings. The van der Waals surface area contributed by atoms with Gasteiger partial charge in [0, 0.05) is 23.2 Å². The topological polar surface area (TPSA) is 83.6 Å². The van der Waals surface area contributed by atoms with Crippen molar-refractivity contribution in [3.63, 3.8) is 0 Å². The maximum atomic E-state index is 11.5. The average Bonchev–Trinajstić information content (AvgIpc) is 2.31. The second-order valence-corrected chi connectivity index (χ2v) is 5.42. The number of rotatable bonds is 6. The number of phenols is 1. The van der Waals surface area contributed by atoms with Crippen molar-refractivity contribution in [1.29, 1.82) is 0 Å². The third-order valence-corrected chi connectivity index (χ3v) is 3.21. The first-order chi connectivity index (χ1) is 9.22. The van der Waals surface area contributed by atoms with Crippen molar-refractivity contribution in [2.24, 2.45) is 5.73 Å². The zero-order valence-corrected chi connectivity index (χ0v) is 12.6. The Kier molecular flexibility index (Phi) is 5.53. The number of primary amides is 1. The number of aromatic hydroxyl groups is 1. The Morgan fingerprint density at radius 2 is 2.00 bits per heavy atom. The largest absolute Gasteiger partial charge is 0.507 e. The Labute approximate surface area is 123 Å². The summed E-state index contributed by atoms with van der Waals surface area (Å²) in [5, 5.41) is 10.5. The zero-order valence-electron chi connectivity index (χ0n) is 11.8. The van der Waals surface area contributed by atoms with Crippen LogP contribution in [0.15, 0.2) is 12.1 Å². The number of carbonyl (C=O) groups excluding carboxylic acids is 2. The van der Waals surface area contributed by atoms with Gasteiger partial charge in [0.15, 0.2) is 5.78 Å². The second-order valence-electron chi connectivity index (χ2n) is 4.98. The fraction of sp³-hybridized carbons (Fsp3) is 0.429. The molecule has 0 aromatic heterocycles. The molecule has 0 unspecified atom stereocenters. The number of nitrogens with two attached hydrogens (primary N) is 1. The molecule has 0 radical (unpaired) electrons. The monoisotopic (exact) mass is 298 g/mol. The molecule has 1 amide bonds. The molecule has 0 spiro atoms. The average molecular weight is 299 g/mol. The van der Waals surface area contributed by atoms with E-state index in [2.05, 4.69) is 0 Å². The van der Waals surface area contributed by atoms with Crippen LogP contribution in [0.3, 0.4) is 0 Å². The van der Waals surface area contributed by atoms with Crippen LogP contribution in [0.25, 0.3) is 0 Å². The van der Waals surface area contributed by atoms with E-state index in [0.29, 0.717) is 10.6 Å². The summed E-state index contributed by atoms with van der Waals surface area (Å²) in [6.45, 7) is 5.54. The summed E-state index contributed by atoms with van der Waals surface area (Å²) in [5.74, 6) is -0.818. The molecule has 0 aliphatic rings. The quantitative estimate of drug-likeness (QED) is 0.786. The van der Waals surface area contributed by atoms with Crippen molar-refractivity contribution in [3.8, 4) is 5.75 Å². The van der Waals surface area contributed by atoms with Gasteiger partial charge in [-0.15, -0.1) is 0 Å². The number of Topliss-reactive ketones (excluding diaryl/α,β-unsaturated/α-hetero) is 1. The molecule has 0 aliphatic carbocycles. The minimum Gasteiger partial charge on any atom is -0.507 e. The minimum absolute atomic E-state index is 0.0571. The van der Waals surface area contributed by atoms with Crippen molar-refractivity contribution in [2.45, 2.75) is 33.4 Å². The van der Waals surface area contributed by atoms with Crippen LogP contribution in [0.1, 0.15) is 36.7 Å². The van der Waals surface area contributed by atoms with Gasteiger partial charge in [-0.2, -0.15) is 0 Å². The lowest BCUT2D eigenvalue weighted by Gasteiger charge is -2.25. The Balaban J connectivity index is 3.12. The number of benzene rings is 1. The fourth-order valence-electron chi connectivity index (χ4n) is 1.88. The lowest BCUT2D eigenvalue weighted by atomic mass is 10.0. The molecule has 3 N–H and O–H groups in total. The molecule has 0 saturated carbocycles. The van der Waals surface area contributed by atoms with Crippen LogP contribution < -0.4 is 5.73 Å². The van der Waals surface area contributed by atoms with Crippen molar-refractivity contribution in [3.05, 3.63) is 28.3 Å². The van der Waals surface area contributed by atoms with Crippen LogP contribution in [0.5, 0.6) is 5.75 Å². The highest BCUT2D eigenvalue weighted by atomic mass is 35.5. The van der Waals surface area contributed by atoms with Crippen LogP contribution in [-0.4, -0.2) is 34.3 Å². The molecule has 0 bridgehead atoms. The van der Waals surface area contributed by atoms with E-state index in [4.69, 9.17) is 17.3 Å². The zero-order chi connectivity index (χ0) is 15.4. The third-order valence-electron chi connectivity index (χ3n) is 3.00. The number of halogens is 1. The van der Waals surface area contributed by atoms with Crippen LogP contribution in [0, 0.1) is 0 Å². The second kappa shape index (κ2) is 6.72. The first-order valence-electron chi connectivity index (χ1n) is 6.27. The first-order valence-corrected chi connectivity index (χ1v) is 6.64. The number of phenolic OH excluding ortho intramolecular Hbond substituents is 1. The molecule has 0 fully saturated rings. The standard InChI is InChI=1S/C14H19ClN2O3/c1-8(2)17(7-13(16)19)6-10-4-11(15)5-12(9(3)18)14(10)20/h4-5,8,20H,6-7H2,1-3H3,(H2,16,19). The van der Waals surface area contributed by atoms with E-state index in [0.717, 1.165) is 0 Å². The smallest absolute Gasteiger partial charge is 0.231 e. The normalized spacial score (nSPS) is 11.1. The highest BCUT2D eigenvalue weighted by Gasteiger charge is 2.18. The molecule has 5 nitrogen and oxygen atoms in total. The Morgan fingerprint density at radius 1 is 1.40 bits per heavy atom. The maximum absolute atomic E-state index is 11.5. The highest BCUT2D eigenvalue weighted by Crippen LogP contribution is 2.29. The maximum Gasteiger partial charge on any atom is 0.231 e. The molecule has 6 heteroatoms. The van der Waals surface area contributed by atoms with Crippen LogP contribution in [0.4, 0.5) is 0 Å². The summed E-state index contributed by atoms with van der Waals surface area (Å²) in [6.07, 6.45) is 0. The lowest BCUT2D eigenvalue weighted by Crippen LogP contribution is -2.38. The fourth-order valence-corrected chi connectivity index (χ4v) is 2.13. The molecule has 1 aromatic carbocycles. The number of ketones is 1. The predicted molar refractivity (Wildman–Crippen MR) is 77.9 cm³/mol. The minimum atomic E-state index is -0.452. The van der Waals surface area contributed by atoms with E-state index in [1.807, 2.05) is 13.8 Å². The van der Waals surface area contributed by atoms with E-state index in [1.165, 1.54) is 13.0 Å². The van der Waals surface area contributed by atoms with Gasteiger partial charge in [0.2, 0.25) is 5.91 Å². The van der Waals surface area contributed by atoms with E-state index in [-0.39, 0.29) is 36.2 Å². The van der Waals surface area contributed by atoms with Gasteiger partial charge in [0.1, 0.15) is 5.75 Å². The Morgan fingerprint density at radius 3 is 2.45 bits per heavy atom. The summed E-state index contributed by atoms with van der Waals surface area (Å²) in [6, 6.07) is 3.07.